The Morgan fingerprint density at radius 3 is 2.83 bits per heavy atom. The number of benzene rings is 1. The van der Waals surface area contributed by atoms with Crippen molar-refractivity contribution < 1.29 is 9.53 Å². The average Bonchev–Trinajstić information content (AvgIpc) is 3.38. The molecule has 4 nitrogen and oxygen atoms in total. The maximum atomic E-state index is 12.4. The number of piperidine rings is 1. The van der Waals surface area contributed by atoms with Gasteiger partial charge in [0, 0.05) is 18.9 Å². The molecule has 1 saturated carbocycles. The first kappa shape index (κ1) is 15.0. The number of ether oxygens (including phenoxy) is 1. The van der Waals surface area contributed by atoms with Crippen LogP contribution in [0.4, 0.5) is 0 Å². The van der Waals surface area contributed by atoms with Crippen molar-refractivity contribution in [3.05, 3.63) is 29.8 Å². The molecule has 1 atom stereocenters. The maximum absolute atomic E-state index is 12.4. The molecule has 0 unspecified atom stereocenters. The van der Waals surface area contributed by atoms with Crippen molar-refractivity contribution in [3.63, 3.8) is 0 Å². The quantitative estimate of drug-likeness (QED) is 0.898. The van der Waals surface area contributed by atoms with Gasteiger partial charge in [0.1, 0.15) is 11.4 Å². The molecule has 1 saturated heterocycles. The fraction of sp³-hybridized carbons (Fsp3) is 0.632. The van der Waals surface area contributed by atoms with Crippen LogP contribution in [0.15, 0.2) is 24.3 Å². The smallest absolute Gasteiger partial charge is 0.220 e. The van der Waals surface area contributed by atoms with Gasteiger partial charge in [-0.15, -0.1) is 0 Å². The third-order valence-corrected chi connectivity index (χ3v) is 5.54. The Balaban J connectivity index is 1.50. The van der Waals surface area contributed by atoms with Gasteiger partial charge >= 0.3 is 0 Å². The summed E-state index contributed by atoms with van der Waals surface area (Å²) in [6, 6.07) is 8.27. The number of para-hydroxylation sites is 1. The highest BCUT2D eigenvalue weighted by atomic mass is 16.5. The minimum atomic E-state index is -0.0823. The molecule has 0 aromatic heterocycles. The second-order valence-corrected chi connectivity index (χ2v) is 7.43. The van der Waals surface area contributed by atoms with Crippen molar-refractivity contribution in [2.45, 2.75) is 50.0 Å². The van der Waals surface area contributed by atoms with Crippen LogP contribution >= 0.6 is 0 Å². The summed E-state index contributed by atoms with van der Waals surface area (Å²) in [5.41, 5.74) is 1.12. The summed E-state index contributed by atoms with van der Waals surface area (Å²) < 4.78 is 6.41. The Morgan fingerprint density at radius 1 is 1.26 bits per heavy atom. The van der Waals surface area contributed by atoms with Crippen LogP contribution in [0.2, 0.25) is 0 Å². The van der Waals surface area contributed by atoms with Crippen molar-refractivity contribution >= 4 is 5.91 Å². The Kier molecular flexibility index (Phi) is 4.02. The number of fused-ring (bicyclic) bond motifs is 1. The van der Waals surface area contributed by atoms with E-state index in [9.17, 15) is 4.79 Å². The van der Waals surface area contributed by atoms with Crippen LogP contribution in [0, 0.1) is 5.92 Å². The second kappa shape index (κ2) is 6.16. The van der Waals surface area contributed by atoms with Gasteiger partial charge in [-0.05, 0) is 62.7 Å². The van der Waals surface area contributed by atoms with E-state index in [1.807, 2.05) is 6.07 Å². The van der Waals surface area contributed by atoms with Crippen molar-refractivity contribution in [3.8, 4) is 5.75 Å². The molecule has 124 valence electrons. The first-order chi connectivity index (χ1) is 11.2. The molecule has 4 rings (SSSR count). The molecule has 4 heteroatoms. The van der Waals surface area contributed by atoms with Gasteiger partial charge in [0.15, 0.2) is 0 Å². The van der Waals surface area contributed by atoms with E-state index in [0.29, 0.717) is 6.42 Å². The molecular formula is C19H26N2O2. The number of carbonyl (C=O) groups excluding carboxylic acids is 1. The molecule has 1 amide bonds. The van der Waals surface area contributed by atoms with E-state index in [4.69, 9.17) is 4.74 Å². The number of hydrogen-bond acceptors (Lipinski definition) is 3. The van der Waals surface area contributed by atoms with E-state index in [2.05, 4.69) is 28.8 Å². The van der Waals surface area contributed by atoms with Crippen LogP contribution < -0.4 is 15.4 Å². The number of amides is 1. The van der Waals surface area contributed by atoms with Crippen LogP contribution in [0.25, 0.3) is 0 Å². The number of carbonyl (C=O) groups is 1. The fourth-order valence-electron chi connectivity index (χ4n) is 3.99. The zero-order valence-corrected chi connectivity index (χ0v) is 13.6. The molecule has 2 heterocycles. The normalized spacial score (nSPS) is 25.5. The lowest BCUT2D eigenvalue weighted by Crippen LogP contribution is -2.49. The lowest BCUT2D eigenvalue weighted by Gasteiger charge is -2.44. The number of hydrogen-bond donors (Lipinski definition) is 2. The highest BCUT2D eigenvalue weighted by Crippen LogP contribution is 2.45. The lowest BCUT2D eigenvalue weighted by molar-refractivity contribution is -0.122. The van der Waals surface area contributed by atoms with Crippen molar-refractivity contribution in [1.82, 2.24) is 10.6 Å². The van der Waals surface area contributed by atoms with Gasteiger partial charge in [-0.25, -0.2) is 0 Å². The molecule has 2 N–H and O–H groups in total. The average molecular weight is 314 g/mol. The minimum absolute atomic E-state index is 0.0823. The van der Waals surface area contributed by atoms with Crippen LogP contribution in [-0.2, 0) is 4.79 Å². The second-order valence-electron chi connectivity index (χ2n) is 7.43. The molecule has 2 fully saturated rings. The summed E-state index contributed by atoms with van der Waals surface area (Å²) in [7, 11) is 0. The van der Waals surface area contributed by atoms with Crippen molar-refractivity contribution in [2.75, 3.05) is 19.6 Å². The third kappa shape index (κ3) is 3.37. The van der Waals surface area contributed by atoms with Crippen LogP contribution in [0.3, 0.4) is 0 Å². The van der Waals surface area contributed by atoms with Crippen LogP contribution in [-0.4, -0.2) is 31.1 Å². The third-order valence-electron chi connectivity index (χ3n) is 5.54. The molecule has 2 aliphatic heterocycles. The van der Waals surface area contributed by atoms with E-state index >= 15 is 0 Å². The predicted octanol–water partition coefficient (Wildman–Crippen LogP) is 2.59. The largest absolute Gasteiger partial charge is 0.487 e. The van der Waals surface area contributed by atoms with E-state index < -0.39 is 0 Å². The van der Waals surface area contributed by atoms with Gasteiger partial charge in [-0.1, -0.05) is 18.2 Å². The van der Waals surface area contributed by atoms with Gasteiger partial charge in [0.2, 0.25) is 5.91 Å². The summed E-state index contributed by atoms with van der Waals surface area (Å²) >= 11 is 0. The highest BCUT2D eigenvalue weighted by molar-refractivity contribution is 5.77. The zero-order valence-electron chi connectivity index (χ0n) is 13.6. The van der Waals surface area contributed by atoms with Gasteiger partial charge in [0.25, 0.3) is 0 Å². The summed E-state index contributed by atoms with van der Waals surface area (Å²) in [5, 5.41) is 6.54. The lowest BCUT2D eigenvalue weighted by atomic mass is 9.76. The molecular weight excluding hydrogens is 288 g/mol. The predicted molar refractivity (Wildman–Crippen MR) is 89.6 cm³/mol. The summed E-state index contributed by atoms with van der Waals surface area (Å²) in [5.74, 6) is 2.19. The maximum Gasteiger partial charge on any atom is 0.220 e. The van der Waals surface area contributed by atoms with Crippen molar-refractivity contribution in [2.24, 2.45) is 5.92 Å². The van der Waals surface area contributed by atoms with Gasteiger partial charge in [-0.2, -0.15) is 0 Å². The molecule has 23 heavy (non-hydrogen) atoms. The zero-order chi connectivity index (χ0) is 15.7. The monoisotopic (exact) mass is 314 g/mol. The Hall–Kier alpha value is -1.55. The van der Waals surface area contributed by atoms with E-state index in [-0.39, 0.29) is 17.4 Å². The summed E-state index contributed by atoms with van der Waals surface area (Å²) in [4.78, 5) is 12.4. The van der Waals surface area contributed by atoms with Gasteiger partial charge in [-0.3, -0.25) is 4.79 Å². The molecule has 1 spiro atoms. The molecule has 0 bridgehead atoms. The molecule has 1 aliphatic carbocycles. The van der Waals surface area contributed by atoms with Gasteiger partial charge in [0.05, 0.1) is 0 Å². The fourth-order valence-corrected chi connectivity index (χ4v) is 3.99. The first-order valence-electron chi connectivity index (χ1n) is 8.99. The summed E-state index contributed by atoms with van der Waals surface area (Å²) in [6.07, 6.45) is 6.15. The number of nitrogens with one attached hydrogen (secondary N) is 2. The topological polar surface area (TPSA) is 50.4 Å². The Labute approximate surface area is 138 Å². The summed E-state index contributed by atoms with van der Waals surface area (Å²) in [6.45, 7) is 2.87. The standard InChI is InChI=1S/C19H26N2O2/c22-18(21-13-14-5-6-14)11-15-12-19(7-9-20-10-8-19)23-17-4-2-1-3-16(15)17/h1-4,14-15,20H,5-13H2,(H,21,22)/t15-/m0/s1. The van der Waals surface area contributed by atoms with Crippen LogP contribution in [0.5, 0.6) is 5.75 Å². The highest BCUT2D eigenvalue weighted by Gasteiger charge is 2.42. The van der Waals surface area contributed by atoms with E-state index in [0.717, 1.165) is 50.6 Å². The first-order valence-corrected chi connectivity index (χ1v) is 8.99. The van der Waals surface area contributed by atoms with E-state index in [1.165, 1.54) is 18.4 Å². The minimum Gasteiger partial charge on any atom is -0.487 e. The Bertz CT molecular complexity index is 576. The molecule has 0 radical (unpaired) electrons. The Morgan fingerprint density at radius 2 is 2.04 bits per heavy atom. The van der Waals surface area contributed by atoms with Crippen LogP contribution in [0.1, 0.15) is 50.0 Å². The van der Waals surface area contributed by atoms with E-state index in [1.54, 1.807) is 0 Å². The molecule has 1 aromatic rings. The van der Waals surface area contributed by atoms with Gasteiger partial charge < -0.3 is 15.4 Å². The number of rotatable bonds is 4. The molecule has 1 aromatic carbocycles. The SMILES string of the molecule is O=C(C[C@H]1CC2(CCNCC2)Oc2ccccc21)NCC1CC1. The molecule has 3 aliphatic rings. The van der Waals surface area contributed by atoms with Crippen molar-refractivity contribution in [1.29, 1.82) is 0 Å².